The van der Waals surface area contributed by atoms with Crippen LogP contribution in [-0.4, -0.2) is 39.3 Å². The van der Waals surface area contributed by atoms with Gasteiger partial charge in [-0.3, -0.25) is 4.79 Å². The molecule has 0 spiro atoms. The van der Waals surface area contributed by atoms with Crippen molar-refractivity contribution in [2.75, 3.05) is 6.61 Å². The normalized spacial score (nSPS) is 13.2. The Morgan fingerprint density at radius 3 is 2.37 bits per heavy atom. The lowest BCUT2D eigenvalue weighted by atomic mass is 10.2. The van der Waals surface area contributed by atoms with E-state index in [4.69, 9.17) is 4.74 Å². The molecule has 1 N–H and O–H groups in total. The molecule has 4 rings (SSSR count). The summed E-state index contributed by atoms with van der Waals surface area (Å²) >= 11 is 0. The topological polar surface area (TPSA) is 86.1 Å². The van der Waals surface area contributed by atoms with Gasteiger partial charge in [0.25, 0.3) is 11.7 Å². The molecule has 0 saturated heterocycles. The van der Waals surface area contributed by atoms with Gasteiger partial charge in [0.1, 0.15) is 0 Å². The Kier molecular flexibility index (Phi) is 4.65. The summed E-state index contributed by atoms with van der Waals surface area (Å²) in [6.45, 7) is -0.337. The van der Waals surface area contributed by atoms with E-state index < -0.39 is 5.97 Å². The Balaban J connectivity index is 1.58. The predicted octanol–water partition coefficient (Wildman–Crippen LogP) is 2.37. The monoisotopic (exact) mass is 362 g/mol. The first-order valence-corrected chi connectivity index (χ1v) is 8.75. The van der Waals surface area contributed by atoms with Crippen LogP contribution in [0.25, 0.3) is 17.1 Å². The molecule has 0 unspecified atom stereocenters. The zero-order valence-electron chi connectivity index (χ0n) is 14.5. The number of ether oxygens (including phenoxy) is 1. The lowest BCUT2D eigenvalue weighted by Gasteiger charge is -2.05. The van der Waals surface area contributed by atoms with Gasteiger partial charge < -0.3 is 10.1 Å². The Hall–Kier alpha value is -3.48. The second-order valence-corrected chi connectivity index (χ2v) is 6.29. The highest BCUT2D eigenvalue weighted by Crippen LogP contribution is 2.21. The number of esters is 1. The summed E-state index contributed by atoms with van der Waals surface area (Å²) in [6, 6.07) is 19.1. The number of carbonyl (C=O) groups is 2. The van der Waals surface area contributed by atoms with Gasteiger partial charge in [0.15, 0.2) is 12.4 Å². The first kappa shape index (κ1) is 17.0. The van der Waals surface area contributed by atoms with Crippen molar-refractivity contribution in [1.29, 1.82) is 0 Å². The Bertz CT molecular complexity index is 893. The smallest absolute Gasteiger partial charge is 0.378 e. The van der Waals surface area contributed by atoms with Crippen LogP contribution < -0.4 is 5.32 Å². The van der Waals surface area contributed by atoms with Gasteiger partial charge in [-0.25, -0.2) is 14.5 Å². The fourth-order valence-electron chi connectivity index (χ4n) is 2.61. The van der Waals surface area contributed by atoms with E-state index in [-0.39, 0.29) is 24.4 Å². The molecule has 0 aliphatic heterocycles. The van der Waals surface area contributed by atoms with E-state index in [2.05, 4.69) is 15.4 Å². The quantitative estimate of drug-likeness (QED) is 0.681. The number of amides is 1. The summed E-state index contributed by atoms with van der Waals surface area (Å²) in [5.41, 5.74) is 1.59. The lowest BCUT2D eigenvalue weighted by molar-refractivity contribution is -0.124. The molecule has 1 amide bonds. The van der Waals surface area contributed by atoms with Crippen molar-refractivity contribution in [3.05, 3.63) is 66.5 Å². The van der Waals surface area contributed by atoms with Gasteiger partial charge in [-0.1, -0.05) is 48.5 Å². The number of rotatable bonds is 6. The largest absolute Gasteiger partial charge is 0.450 e. The van der Waals surface area contributed by atoms with E-state index in [1.807, 2.05) is 60.7 Å². The fraction of sp³-hybridized carbons (Fsp3) is 0.200. The average molecular weight is 362 g/mol. The number of hydrogen-bond donors (Lipinski definition) is 1. The van der Waals surface area contributed by atoms with E-state index in [9.17, 15) is 9.59 Å². The van der Waals surface area contributed by atoms with Crippen LogP contribution in [0.1, 0.15) is 23.5 Å². The summed E-state index contributed by atoms with van der Waals surface area (Å²) < 4.78 is 6.66. The van der Waals surface area contributed by atoms with E-state index in [1.165, 1.54) is 0 Å². The van der Waals surface area contributed by atoms with Crippen LogP contribution in [0, 0.1) is 0 Å². The molecule has 1 aromatic heterocycles. The first-order chi connectivity index (χ1) is 13.2. The maximum Gasteiger partial charge on any atom is 0.378 e. The van der Waals surface area contributed by atoms with E-state index in [0.717, 1.165) is 24.1 Å². The molecule has 2 aromatic carbocycles. The third kappa shape index (κ3) is 4.03. The number of para-hydroxylation sites is 1. The minimum atomic E-state index is -0.729. The van der Waals surface area contributed by atoms with Gasteiger partial charge in [-0.2, -0.15) is 0 Å². The molecule has 0 atom stereocenters. The van der Waals surface area contributed by atoms with Crippen LogP contribution in [0.15, 0.2) is 60.7 Å². The molecule has 7 heteroatoms. The van der Waals surface area contributed by atoms with E-state index in [1.54, 1.807) is 4.68 Å². The van der Waals surface area contributed by atoms with Gasteiger partial charge in [0.05, 0.1) is 5.69 Å². The van der Waals surface area contributed by atoms with Crippen LogP contribution in [0.5, 0.6) is 0 Å². The number of hydrogen-bond acceptors (Lipinski definition) is 5. The molecule has 1 heterocycles. The van der Waals surface area contributed by atoms with Crippen molar-refractivity contribution < 1.29 is 14.3 Å². The fourth-order valence-corrected chi connectivity index (χ4v) is 2.61. The third-order valence-electron chi connectivity index (χ3n) is 4.10. The van der Waals surface area contributed by atoms with Crippen molar-refractivity contribution in [2.45, 2.75) is 18.9 Å². The van der Waals surface area contributed by atoms with Crippen LogP contribution in [-0.2, 0) is 9.53 Å². The Morgan fingerprint density at radius 1 is 1.04 bits per heavy atom. The number of aromatic nitrogens is 3. The van der Waals surface area contributed by atoms with Crippen LogP contribution in [0.3, 0.4) is 0 Å². The molecule has 1 saturated carbocycles. The zero-order valence-corrected chi connectivity index (χ0v) is 14.5. The molecular weight excluding hydrogens is 344 g/mol. The SMILES string of the molecule is O=C(COC(=O)c1nc(-c2ccccc2)n(-c2ccccc2)n1)NC1CC1. The van der Waals surface area contributed by atoms with Crippen molar-refractivity contribution in [1.82, 2.24) is 20.1 Å². The molecule has 1 aliphatic carbocycles. The van der Waals surface area contributed by atoms with Gasteiger partial charge in [0.2, 0.25) is 0 Å². The highest BCUT2D eigenvalue weighted by atomic mass is 16.5. The number of carbonyl (C=O) groups excluding carboxylic acids is 2. The average Bonchev–Trinajstić information content (AvgIpc) is 3.41. The van der Waals surface area contributed by atoms with Gasteiger partial charge in [-0.05, 0) is 25.0 Å². The number of nitrogens with zero attached hydrogens (tertiary/aromatic N) is 3. The number of nitrogens with one attached hydrogen (secondary N) is 1. The standard InChI is InChI=1S/C20H18N4O3/c25-17(21-15-11-12-15)13-27-20(26)18-22-19(14-7-3-1-4-8-14)24(23-18)16-9-5-2-6-10-16/h1-10,15H,11-13H2,(H,21,25). The summed E-state index contributed by atoms with van der Waals surface area (Å²) in [4.78, 5) is 28.4. The molecule has 7 nitrogen and oxygen atoms in total. The van der Waals surface area contributed by atoms with Crippen molar-refractivity contribution >= 4 is 11.9 Å². The first-order valence-electron chi connectivity index (χ1n) is 8.75. The molecule has 136 valence electrons. The van der Waals surface area contributed by atoms with Crippen molar-refractivity contribution in [3.8, 4) is 17.1 Å². The van der Waals surface area contributed by atoms with Crippen LogP contribution >= 0.6 is 0 Å². The summed E-state index contributed by atoms with van der Waals surface area (Å²) in [7, 11) is 0. The highest BCUT2D eigenvalue weighted by molar-refractivity contribution is 5.88. The third-order valence-corrected chi connectivity index (χ3v) is 4.10. The van der Waals surface area contributed by atoms with Crippen LogP contribution in [0.4, 0.5) is 0 Å². The second kappa shape index (κ2) is 7.41. The van der Waals surface area contributed by atoms with Crippen molar-refractivity contribution in [2.24, 2.45) is 0 Å². The molecule has 0 radical (unpaired) electrons. The molecule has 3 aromatic rings. The Labute approximate surface area is 156 Å². The molecular formula is C20H18N4O3. The summed E-state index contributed by atoms with van der Waals surface area (Å²) in [6.07, 6.45) is 1.95. The molecule has 27 heavy (non-hydrogen) atoms. The summed E-state index contributed by atoms with van der Waals surface area (Å²) in [5.74, 6) is -0.599. The summed E-state index contributed by atoms with van der Waals surface area (Å²) in [5, 5.41) is 7.07. The van der Waals surface area contributed by atoms with Gasteiger partial charge >= 0.3 is 5.97 Å². The van der Waals surface area contributed by atoms with Gasteiger partial charge in [0, 0.05) is 11.6 Å². The maximum absolute atomic E-state index is 12.3. The van der Waals surface area contributed by atoms with Crippen LogP contribution in [0.2, 0.25) is 0 Å². The predicted molar refractivity (Wildman–Crippen MR) is 98.2 cm³/mol. The van der Waals surface area contributed by atoms with Crippen molar-refractivity contribution in [3.63, 3.8) is 0 Å². The highest BCUT2D eigenvalue weighted by Gasteiger charge is 2.25. The maximum atomic E-state index is 12.3. The molecule has 1 aliphatic rings. The zero-order chi connectivity index (χ0) is 18.6. The lowest BCUT2D eigenvalue weighted by Crippen LogP contribution is -2.30. The second-order valence-electron chi connectivity index (χ2n) is 6.29. The van der Waals surface area contributed by atoms with E-state index in [0.29, 0.717) is 5.82 Å². The molecule has 0 bridgehead atoms. The number of benzene rings is 2. The van der Waals surface area contributed by atoms with Gasteiger partial charge in [-0.15, -0.1) is 5.10 Å². The minimum absolute atomic E-state index is 0.0862. The Morgan fingerprint density at radius 2 is 1.70 bits per heavy atom. The minimum Gasteiger partial charge on any atom is -0.450 e. The molecule has 1 fully saturated rings. The van der Waals surface area contributed by atoms with E-state index >= 15 is 0 Å².